The molecule has 1 fully saturated rings. The van der Waals surface area contributed by atoms with Gasteiger partial charge in [0.2, 0.25) is 0 Å². The normalized spacial score (nSPS) is 17.3. The maximum Gasteiger partial charge on any atom is 0.573 e. The number of imide groups is 1. The van der Waals surface area contributed by atoms with Gasteiger partial charge in [-0.3, -0.25) is 9.69 Å². The third kappa shape index (κ3) is 4.33. The Morgan fingerprint density at radius 3 is 2.23 bits per heavy atom. The Hall–Kier alpha value is -3.03. The van der Waals surface area contributed by atoms with Crippen molar-refractivity contribution in [3.8, 4) is 5.75 Å². The van der Waals surface area contributed by atoms with Gasteiger partial charge in [0.05, 0.1) is 6.54 Å². The highest BCUT2D eigenvalue weighted by molar-refractivity contribution is 6.04. The first-order chi connectivity index (χ1) is 12.3. The van der Waals surface area contributed by atoms with Crippen molar-refractivity contribution in [1.82, 2.24) is 10.2 Å². The van der Waals surface area contributed by atoms with E-state index in [1.165, 1.54) is 12.1 Å². The van der Waals surface area contributed by atoms with E-state index in [9.17, 15) is 22.8 Å². The number of alkyl halides is 3. The first-order valence-electron chi connectivity index (χ1n) is 7.82. The Labute approximate surface area is 147 Å². The smallest absolute Gasteiger partial charge is 0.406 e. The number of carbonyl (C=O) groups is 2. The number of hydrogen-bond donors (Lipinski definition) is 1. The fourth-order valence-electron chi connectivity index (χ4n) is 2.69. The molecule has 1 aliphatic heterocycles. The van der Waals surface area contributed by atoms with E-state index >= 15 is 0 Å². The maximum atomic E-state index is 12.4. The molecule has 0 saturated carbocycles. The molecule has 1 saturated heterocycles. The Kier molecular flexibility index (Phi) is 4.83. The van der Waals surface area contributed by atoms with Gasteiger partial charge in [-0.05, 0) is 23.3 Å². The number of nitrogens with one attached hydrogen (secondary N) is 1. The molecule has 2 aromatic rings. The van der Waals surface area contributed by atoms with Crippen LogP contribution in [0.25, 0.3) is 0 Å². The first-order valence-corrected chi connectivity index (χ1v) is 7.82. The number of rotatable bonds is 5. The fraction of sp³-hybridized carbons (Fsp3) is 0.222. The second-order valence-electron chi connectivity index (χ2n) is 5.81. The van der Waals surface area contributed by atoms with E-state index < -0.39 is 18.4 Å². The molecule has 2 aromatic carbocycles. The Balaban J connectivity index is 1.64. The van der Waals surface area contributed by atoms with Crippen LogP contribution in [0, 0.1) is 0 Å². The molecule has 0 aliphatic carbocycles. The number of halogens is 3. The van der Waals surface area contributed by atoms with Crippen LogP contribution in [0.4, 0.5) is 18.0 Å². The number of urea groups is 1. The third-order valence-electron chi connectivity index (χ3n) is 3.89. The Morgan fingerprint density at radius 2 is 1.62 bits per heavy atom. The van der Waals surface area contributed by atoms with Gasteiger partial charge in [-0.1, -0.05) is 42.5 Å². The quantitative estimate of drug-likeness (QED) is 0.829. The Bertz CT molecular complexity index is 792. The molecule has 0 spiro atoms. The van der Waals surface area contributed by atoms with E-state index in [1.807, 2.05) is 30.3 Å². The molecular formula is C18H15F3N2O3. The minimum Gasteiger partial charge on any atom is -0.406 e. The van der Waals surface area contributed by atoms with Crippen molar-refractivity contribution in [2.75, 3.05) is 0 Å². The van der Waals surface area contributed by atoms with Crippen molar-refractivity contribution in [2.45, 2.75) is 25.4 Å². The van der Waals surface area contributed by atoms with Crippen LogP contribution in [0.2, 0.25) is 0 Å². The van der Waals surface area contributed by atoms with Gasteiger partial charge in [-0.25, -0.2) is 4.79 Å². The predicted molar refractivity (Wildman–Crippen MR) is 86.1 cm³/mol. The second kappa shape index (κ2) is 7.07. The number of amides is 3. The van der Waals surface area contributed by atoms with Gasteiger partial charge in [-0.15, -0.1) is 13.2 Å². The average Bonchev–Trinajstić information content (AvgIpc) is 2.84. The first kappa shape index (κ1) is 17.8. The summed E-state index contributed by atoms with van der Waals surface area (Å²) in [5.41, 5.74) is 1.44. The van der Waals surface area contributed by atoms with Crippen molar-refractivity contribution >= 4 is 11.9 Å². The molecule has 136 valence electrons. The van der Waals surface area contributed by atoms with Crippen molar-refractivity contribution in [1.29, 1.82) is 0 Å². The predicted octanol–water partition coefficient (Wildman–Crippen LogP) is 3.25. The van der Waals surface area contributed by atoms with Crippen molar-refractivity contribution in [3.05, 3.63) is 65.7 Å². The number of nitrogens with zero attached hydrogens (tertiary/aromatic N) is 1. The van der Waals surface area contributed by atoms with Crippen molar-refractivity contribution in [2.24, 2.45) is 0 Å². The van der Waals surface area contributed by atoms with Crippen molar-refractivity contribution < 1.29 is 27.5 Å². The highest BCUT2D eigenvalue weighted by atomic mass is 19.4. The topological polar surface area (TPSA) is 58.6 Å². The third-order valence-corrected chi connectivity index (χ3v) is 3.89. The summed E-state index contributed by atoms with van der Waals surface area (Å²) in [4.78, 5) is 25.6. The molecule has 8 heteroatoms. The van der Waals surface area contributed by atoms with Gasteiger partial charge in [0.25, 0.3) is 5.91 Å². The van der Waals surface area contributed by atoms with E-state index in [0.717, 1.165) is 22.6 Å². The lowest BCUT2D eigenvalue weighted by Gasteiger charge is -2.14. The van der Waals surface area contributed by atoms with E-state index in [1.54, 1.807) is 0 Å². The van der Waals surface area contributed by atoms with E-state index in [-0.39, 0.29) is 18.2 Å². The summed E-state index contributed by atoms with van der Waals surface area (Å²) < 4.78 is 40.3. The molecule has 0 radical (unpaired) electrons. The zero-order chi connectivity index (χ0) is 18.7. The zero-order valence-corrected chi connectivity index (χ0v) is 13.5. The summed E-state index contributed by atoms with van der Waals surface area (Å²) in [7, 11) is 0. The summed E-state index contributed by atoms with van der Waals surface area (Å²) in [5, 5.41) is 2.63. The monoisotopic (exact) mass is 364 g/mol. The molecule has 1 heterocycles. The molecule has 0 unspecified atom stereocenters. The molecule has 1 aliphatic rings. The number of ether oxygens (including phenoxy) is 1. The van der Waals surface area contributed by atoms with E-state index in [0.29, 0.717) is 12.0 Å². The minimum atomic E-state index is -4.77. The largest absolute Gasteiger partial charge is 0.573 e. The summed E-state index contributed by atoms with van der Waals surface area (Å²) in [6.45, 7) is -0.0255. The lowest BCUT2D eigenvalue weighted by Crippen LogP contribution is -2.32. The number of benzene rings is 2. The van der Waals surface area contributed by atoms with Crippen LogP contribution in [0.5, 0.6) is 5.75 Å². The fourth-order valence-corrected chi connectivity index (χ4v) is 2.69. The lowest BCUT2D eigenvalue weighted by molar-refractivity contribution is -0.274. The standard InChI is InChI=1S/C18H15F3N2O3/c19-18(20,21)26-14-8-6-13(7-9-14)11-23-16(24)15(22-17(23)25)10-12-4-2-1-3-5-12/h1-9,15H,10-11H2,(H,22,25)/t15-/m0/s1. The molecule has 3 rings (SSSR count). The minimum absolute atomic E-state index is 0.0255. The Morgan fingerprint density at radius 1 is 0.962 bits per heavy atom. The second-order valence-corrected chi connectivity index (χ2v) is 5.81. The van der Waals surface area contributed by atoms with Gasteiger partial charge in [0.15, 0.2) is 0 Å². The molecule has 3 amide bonds. The van der Waals surface area contributed by atoms with Gasteiger partial charge < -0.3 is 10.1 Å². The molecular weight excluding hydrogens is 349 g/mol. The summed E-state index contributed by atoms with van der Waals surface area (Å²) in [6.07, 6.45) is -4.39. The molecule has 0 aromatic heterocycles. The zero-order valence-electron chi connectivity index (χ0n) is 13.5. The maximum absolute atomic E-state index is 12.4. The number of hydrogen-bond acceptors (Lipinski definition) is 3. The van der Waals surface area contributed by atoms with Gasteiger partial charge in [0, 0.05) is 6.42 Å². The van der Waals surface area contributed by atoms with Crippen LogP contribution < -0.4 is 10.1 Å². The summed E-state index contributed by atoms with van der Waals surface area (Å²) in [6, 6.07) is 13.1. The summed E-state index contributed by atoms with van der Waals surface area (Å²) in [5.74, 6) is -0.727. The van der Waals surface area contributed by atoms with E-state index in [4.69, 9.17) is 0 Å². The van der Waals surface area contributed by atoms with Crippen LogP contribution in [-0.4, -0.2) is 29.2 Å². The van der Waals surface area contributed by atoms with Crippen LogP contribution >= 0.6 is 0 Å². The summed E-state index contributed by atoms with van der Waals surface area (Å²) >= 11 is 0. The SMILES string of the molecule is O=C1N[C@@H](Cc2ccccc2)C(=O)N1Cc1ccc(OC(F)(F)F)cc1. The van der Waals surface area contributed by atoms with Gasteiger partial charge in [0.1, 0.15) is 11.8 Å². The highest BCUT2D eigenvalue weighted by Crippen LogP contribution is 2.23. The molecule has 5 nitrogen and oxygen atoms in total. The van der Waals surface area contributed by atoms with Crippen LogP contribution in [-0.2, 0) is 17.8 Å². The van der Waals surface area contributed by atoms with Gasteiger partial charge >= 0.3 is 12.4 Å². The molecule has 1 atom stereocenters. The average molecular weight is 364 g/mol. The van der Waals surface area contributed by atoms with Crippen LogP contribution in [0.15, 0.2) is 54.6 Å². The van der Waals surface area contributed by atoms with Crippen molar-refractivity contribution in [3.63, 3.8) is 0 Å². The van der Waals surface area contributed by atoms with Gasteiger partial charge in [-0.2, -0.15) is 0 Å². The number of carbonyl (C=O) groups excluding carboxylic acids is 2. The van der Waals surface area contributed by atoms with E-state index in [2.05, 4.69) is 10.1 Å². The van der Waals surface area contributed by atoms with Crippen LogP contribution in [0.3, 0.4) is 0 Å². The molecule has 26 heavy (non-hydrogen) atoms. The highest BCUT2D eigenvalue weighted by Gasteiger charge is 2.37. The molecule has 0 bridgehead atoms. The lowest BCUT2D eigenvalue weighted by atomic mass is 10.1. The van der Waals surface area contributed by atoms with Crippen LogP contribution in [0.1, 0.15) is 11.1 Å². The molecule has 1 N–H and O–H groups in total.